The molecule has 1 N–H and O–H groups in total. The van der Waals surface area contributed by atoms with Gasteiger partial charge in [0.2, 0.25) is 0 Å². The average Bonchev–Trinajstić information content (AvgIpc) is 3.15. The number of ether oxygens (including phenoxy) is 1. The molecule has 0 radical (unpaired) electrons. The fraction of sp³-hybridized carbons (Fsp3) is 0.600. The Morgan fingerprint density at radius 1 is 1.33 bits per heavy atom. The van der Waals surface area contributed by atoms with Crippen LogP contribution in [0.15, 0.2) is 12.1 Å². The number of aryl methyl sites for hydroxylation is 2. The Morgan fingerprint density at radius 3 is 2.50 bits per heavy atom. The smallest absolute Gasteiger partial charge is 0.119 e. The van der Waals surface area contributed by atoms with Crippen molar-refractivity contribution < 1.29 is 4.74 Å². The van der Waals surface area contributed by atoms with Crippen LogP contribution in [0.3, 0.4) is 0 Å². The summed E-state index contributed by atoms with van der Waals surface area (Å²) >= 11 is 6.13. The van der Waals surface area contributed by atoms with Gasteiger partial charge in [-0.3, -0.25) is 0 Å². The summed E-state index contributed by atoms with van der Waals surface area (Å²) in [4.78, 5) is 0. The molecule has 0 bridgehead atoms. The number of hydrogen-bond acceptors (Lipinski definition) is 2. The Hall–Kier alpha value is -0.730. The van der Waals surface area contributed by atoms with Gasteiger partial charge in [0.05, 0.1) is 0 Å². The molecule has 1 saturated carbocycles. The van der Waals surface area contributed by atoms with E-state index in [1.807, 2.05) is 26.0 Å². The maximum atomic E-state index is 6.13. The molecule has 0 amide bonds. The van der Waals surface area contributed by atoms with Gasteiger partial charge in [-0.2, -0.15) is 0 Å². The summed E-state index contributed by atoms with van der Waals surface area (Å²) in [6, 6.07) is 4.63. The van der Waals surface area contributed by atoms with Gasteiger partial charge in [0.25, 0.3) is 0 Å². The van der Waals surface area contributed by atoms with Gasteiger partial charge in [-0.1, -0.05) is 11.6 Å². The fourth-order valence-corrected chi connectivity index (χ4v) is 2.32. The number of halogens is 1. The van der Waals surface area contributed by atoms with E-state index in [1.165, 1.54) is 12.8 Å². The van der Waals surface area contributed by atoms with Crippen molar-refractivity contribution in [1.82, 2.24) is 5.32 Å². The van der Waals surface area contributed by atoms with Gasteiger partial charge in [0, 0.05) is 17.6 Å². The normalized spacial score (nSPS) is 16.7. The first kappa shape index (κ1) is 13.7. The highest BCUT2D eigenvalue weighted by Crippen LogP contribution is 2.32. The maximum absolute atomic E-state index is 6.13. The molecule has 2 rings (SSSR count). The van der Waals surface area contributed by atoms with Crippen LogP contribution in [-0.2, 0) is 0 Å². The van der Waals surface area contributed by atoms with Crippen molar-refractivity contribution in [3.05, 3.63) is 28.3 Å². The first-order valence-electron chi connectivity index (χ1n) is 6.71. The molecule has 0 heterocycles. The molecule has 18 heavy (non-hydrogen) atoms. The van der Waals surface area contributed by atoms with E-state index in [0.29, 0.717) is 12.6 Å². The van der Waals surface area contributed by atoms with E-state index in [0.717, 1.165) is 34.4 Å². The lowest BCUT2D eigenvalue weighted by Gasteiger charge is -2.14. The Labute approximate surface area is 115 Å². The molecule has 1 fully saturated rings. The molecular formula is C15H22ClNO. The number of nitrogens with one attached hydrogen (secondary N) is 1. The number of benzene rings is 1. The molecule has 100 valence electrons. The Kier molecular flexibility index (Phi) is 4.52. The molecule has 1 unspecified atom stereocenters. The van der Waals surface area contributed by atoms with Crippen LogP contribution in [-0.4, -0.2) is 19.2 Å². The largest absolute Gasteiger partial charge is 0.492 e. The van der Waals surface area contributed by atoms with Crippen LogP contribution in [0.25, 0.3) is 0 Å². The van der Waals surface area contributed by atoms with Gasteiger partial charge in [0.1, 0.15) is 12.4 Å². The van der Waals surface area contributed by atoms with Crippen molar-refractivity contribution in [2.75, 3.05) is 13.2 Å². The van der Waals surface area contributed by atoms with E-state index in [4.69, 9.17) is 16.3 Å². The van der Waals surface area contributed by atoms with Gasteiger partial charge in [0.15, 0.2) is 0 Å². The van der Waals surface area contributed by atoms with Gasteiger partial charge in [-0.15, -0.1) is 0 Å². The molecule has 0 aromatic heterocycles. The lowest BCUT2D eigenvalue weighted by atomic mass is 10.1. The van der Waals surface area contributed by atoms with Gasteiger partial charge >= 0.3 is 0 Å². The number of rotatable bonds is 6. The standard InChI is InChI=1S/C15H22ClNO/c1-10-8-14(9-11(2)15(10)16)18-7-6-17-12(3)13-4-5-13/h8-9,12-13,17H,4-7H2,1-3H3. The quantitative estimate of drug-likeness (QED) is 0.793. The third-order valence-corrected chi connectivity index (χ3v) is 4.17. The second kappa shape index (κ2) is 5.94. The molecule has 0 aliphatic heterocycles. The zero-order valence-electron chi connectivity index (χ0n) is 11.4. The van der Waals surface area contributed by atoms with E-state index >= 15 is 0 Å². The highest BCUT2D eigenvalue weighted by atomic mass is 35.5. The zero-order chi connectivity index (χ0) is 13.1. The predicted octanol–water partition coefficient (Wildman–Crippen LogP) is 3.72. The monoisotopic (exact) mass is 267 g/mol. The minimum atomic E-state index is 0.627. The van der Waals surface area contributed by atoms with Crippen LogP contribution in [0, 0.1) is 19.8 Å². The van der Waals surface area contributed by atoms with Crippen molar-refractivity contribution in [2.45, 2.75) is 39.7 Å². The molecular weight excluding hydrogens is 246 g/mol. The Bertz CT molecular complexity index is 392. The maximum Gasteiger partial charge on any atom is 0.119 e. The predicted molar refractivity (Wildman–Crippen MR) is 76.6 cm³/mol. The lowest BCUT2D eigenvalue weighted by Crippen LogP contribution is -2.31. The average molecular weight is 268 g/mol. The second-order valence-corrected chi connectivity index (χ2v) is 5.68. The molecule has 3 heteroatoms. The summed E-state index contributed by atoms with van der Waals surface area (Å²) in [5.74, 6) is 1.81. The zero-order valence-corrected chi connectivity index (χ0v) is 12.2. The minimum Gasteiger partial charge on any atom is -0.492 e. The summed E-state index contributed by atoms with van der Waals surface area (Å²) in [6.07, 6.45) is 2.76. The van der Waals surface area contributed by atoms with Crippen molar-refractivity contribution in [3.63, 3.8) is 0 Å². The van der Waals surface area contributed by atoms with Crippen molar-refractivity contribution in [1.29, 1.82) is 0 Å². The Morgan fingerprint density at radius 2 is 1.94 bits per heavy atom. The first-order chi connectivity index (χ1) is 8.58. The van der Waals surface area contributed by atoms with E-state index in [1.54, 1.807) is 0 Å². The van der Waals surface area contributed by atoms with Crippen LogP contribution in [0.1, 0.15) is 30.9 Å². The van der Waals surface area contributed by atoms with Crippen molar-refractivity contribution in [2.24, 2.45) is 5.92 Å². The summed E-state index contributed by atoms with van der Waals surface area (Å²) in [6.45, 7) is 7.88. The molecule has 1 aromatic rings. The van der Waals surface area contributed by atoms with Gasteiger partial charge in [-0.05, 0) is 62.8 Å². The van der Waals surface area contributed by atoms with Crippen LogP contribution in [0.4, 0.5) is 0 Å². The topological polar surface area (TPSA) is 21.3 Å². The molecule has 0 spiro atoms. The third kappa shape index (κ3) is 3.63. The third-order valence-electron chi connectivity index (χ3n) is 3.58. The molecule has 1 aliphatic rings. The molecule has 2 nitrogen and oxygen atoms in total. The first-order valence-corrected chi connectivity index (χ1v) is 7.08. The van der Waals surface area contributed by atoms with Crippen LogP contribution in [0.2, 0.25) is 5.02 Å². The van der Waals surface area contributed by atoms with E-state index in [9.17, 15) is 0 Å². The van der Waals surface area contributed by atoms with Crippen LogP contribution < -0.4 is 10.1 Å². The summed E-state index contributed by atoms with van der Waals surface area (Å²) in [5.41, 5.74) is 2.15. The molecule has 1 atom stereocenters. The number of hydrogen-bond donors (Lipinski definition) is 1. The lowest BCUT2D eigenvalue weighted by molar-refractivity contribution is 0.303. The summed E-state index contributed by atoms with van der Waals surface area (Å²) in [7, 11) is 0. The summed E-state index contributed by atoms with van der Waals surface area (Å²) < 4.78 is 5.75. The minimum absolute atomic E-state index is 0.627. The van der Waals surface area contributed by atoms with Gasteiger partial charge in [-0.25, -0.2) is 0 Å². The molecule has 1 aliphatic carbocycles. The fourth-order valence-electron chi connectivity index (χ4n) is 2.21. The van der Waals surface area contributed by atoms with Crippen molar-refractivity contribution >= 4 is 11.6 Å². The van der Waals surface area contributed by atoms with Gasteiger partial charge < -0.3 is 10.1 Å². The van der Waals surface area contributed by atoms with Crippen LogP contribution in [0.5, 0.6) is 5.75 Å². The molecule has 0 saturated heterocycles. The SMILES string of the molecule is Cc1cc(OCCNC(C)C2CC2)cc(C)c1Cl. The van der Waals surface area contributed by atoms with E-state index in [2.05, 4.69) is 12.2 Å². The Balaban J connectivity index is 1.76. The summed E-state index contributed by atoms with van der Waals surface area (Å²) in [5, 5.41) is 4.34. The van der Waals surface area contributed by atoms with Crippen molar-refractivity contribution in [3.8, 4) is 5.75 Å². The highest BCUT2D eigenvalue weighted by molar-refractivity contribution is 6.32. The second-order valence-electron chi connectivity index (χ2n) is 5.30. The van der Waals surface area contributed by atoms with E-state index in [-0.39, 0.29) is 0 Å². The van der Waals surface area contributed by atoms with E-state index < -0.39 is 0 Å². The highest BCUT2D eigenvalue weighted by Gasteiger charge is 2.27. The van der Waals surface area contributed by atoms with Crippen LogP contribution >= 0.6 is 11.6 Å². The molecule has 1 aromatic carbocycles.